The minimum Gasteiger partial charge on any atom is -0.272 e. The third-order valence-electron chi connectivity index (χ3n) is 2.64. The summed E-state index contributed by atoms with van der Waals surface area (Å²) in [6.45, 7) is 0. The second-order valence-corrected chi connectivity index (χ2v) is 4.58. The summed E-state index contributed by atoms with van der Waals surface area (Å²) < 4.78 is 0. The van der Waals surface area contributed by atoms with E-state index in [0.29, 0.717) is 10.6 Å². The van der Waals surface area contributed by atoms with Crippen LogP contribution in [-0.2, 0) is 0 Å². The normalized spacial score (nSPS) is 10.6. The molecule has 2 rings (SSSR count). The van der Waals surface area contributed by atoms with E-state index in [4.69, 9.17) is 11.6 Å². The fourth-order valence-electron chi connectivity index (χ4n) is 1.64. The maximum atomic E-state index is 10.9. The molecule has 2 aromatic carbocycles. The van der Waals surface area contributed by atoms with E-state index in [2.05, 4.69) is 10.5 Å². The van der Waals surface area contributed by atoms with Gasteiger partial charge in [0.2, 0.25) is 0 Å². The third kappa shape index (κ3) is 3.76. The molecule has 9 heteroatoms. The summed E-state index contributed by atoms with van der Waals surface area (Å²) in [5.74, 6) is 0. The molecule has 0 heterocycles. The second kappa shape index (κ2) is 6.64. The maximum Gasteiger partial charge on any atom is 0.301 e. The highest BCUT2D eigenvalue weighted by Gasteiger charge is 2.18. The Morgan fingerprint density at radius 3 is 2.50 bits per heavy atom. The number of hydrazone groups is 1. The zero-order chi connectivity index (χ0) is 16.1. The standard InChI is InChI=1S/C13H9ClN4O4/c14-10-3-1-2-9(6-10)8-15-16-12-5-4-11(17(19)20)7-13(12)18(21)22/h1-8,16H/b15-8-. The minimum absolute atomic E-state index is 0.0499. The molecule has 0 aromatic heterocycles. The Morgan fingerprint density at radius 2 is 1.86 bits per heavy atom. The van der Waals surface area contributed by atoms with Crippen molar-refractivity contribution in [3.63, 3.8) is 0 Å². The zero-order valence-electron chi connectivity index (χ0n) is 11.0. The number of nitrogens with zero attached hydrogens (tertiary/aromatic N) is 3. The van der Waals surface area contributed by atoms with Crippen molar-refractivity contribution in [2.45, 2.75) is 0 Å². The number of halogens is 1. The first-order valence-corrected chi connectivity index (χ1v) is 6.32. The van der Waals surface area contributed by atoms with Gasteiger partial charge < -0.3 is 0 Å². The number of rotatable bonds is 5. The largest absolute Gasteiger partial charge is 0.301 e. The highest BCUT2D eigenvalue weighted by Crippen LogP contribution is 2.28. The molecule has 1 N–H and O–H groups in total. The second-order valence-electron chi connectivity index (χ2n) is 4.14. The lowest BCUT2D eigenvalue weighted by Gasteiger charge is -2.02. The number of hydrogen-bond acceptors (Lipinski definition) is 6. The Morgan fingerprint density at radius 1 is 1.09 bits per heavy atom. The van der Waals surface area contributed by atoms with E-state index in [0.717, 1.165) is 12.1 Å². The molecular formula is C13H9ClN4O4. The molecule has 0 aliphatic rings. The molecule has 0 unspecified atom stereocenters. The van der Waals surface area contributed by atoms with Crippen LogP contribution in [0.2, 0.25) is 5.02 Å². The van der Waals surface area contributed by atoms with Crippen molar-refractivity contribution >= 4 is 34.9 Å². The van der Waals surface area contributed by atoms with E-state index in [9.17, 15) is 20.2 Å². The van der Waals surface area contributed by atoms with E-state index in [1.54, 1.807) is 24.3 Å². The molecule has 0 radical (unpaired) electrons. The summed E-state index contributed by atoms with van der Waals surface area (Å²) in [5.41, 5.74) is 2.44. The van der Waals surface area contributed by atoms with Gasteiger partial charge in [-0.3, -0.25) is 25.7 Å². The van der Waals surface area contributed by atoms with Crippen LogP contribution in [0.4, 0.5) is 17.1 Å². The number of nitro groups is 2. The summed E-state index contributed by atoms with van der Waals surface area (Å²) in [6.07, 6.45) is 1.43. The zero-order valence-corrected chi connectivity index (χ0v) is 11.7. The predicted molar refractivity (Wildman–Crippen MR) is 82.4 cm³/mol. The van der Waals surface area contributed by atoms with Crippen molar-refractivity contribution in [3.8, 4) is 0 Å². The molecule has 0 saturated heterocycles. The molecule has 0 spiro atoms. The van der Waals surface area contributed by atoms with Gasteiger partial charge in [0.05, 0.1) is 22.1 Å². The van der Waals surface area contributed by atoms with Crippen molar-refractivity contribution in [3.05, 3.63) is 73.3 Å². The van der Waals surface area contributed by atoms with Gasteiger partial charge in [-0.1, -0.05) is 23.7 Å². The summed E-state index contributed by atoms with van der Waals surface area (Å²) in [5, 5.41) is 26.0. The van der Waals surface area contributed by atoms with Gasteiger partial charge in [-0.25, -0.2) is 0 Å². The minimum atomic E-state index is -0.718. The number of non-ortho nitro benzene ring substituents is 1. The number of anilines is 1. The van der Waals surface area contributed by atoms with Crippen LogP contribution in [0.15, 0.2) is 47.6 Å². The smallest absolute Gasteiger partial charge is 0.272 e. The number of benzene rings is 2. The van der Waals surface area contributed by atoms with Gasteiger partial charge in [-0.15, -0.1) is 0 Å². The van der Waals surface area contributed by atoms with Crippen LogP contribution in [0.3, 0.4) is 0 Å². The van der Waals surface area contributed by atoms with Crippen molar-refractivity contribution < 1.29 is 9.85 Å². The van der Waals surface area contributed by atoms with E-state index < -0.39 is 15.5 Å². The first-order valence-electron chi connectivity index (χ1n) is 5.95. The van der Waals surface area contributed by atoms with Crippen LogP contribution < -0.4 is 5.43 Å². The molecule has 0 bridgehead atoms. The first-order chi connectivity index (χ1) is 10.5. The Bertz CT molecular complexity index is 763. The molecule has 0 aliphatic carbocycles. The van der Waals surface area contributed by atoms with Crippen molar-refractivity contribution in [2.75, 3.05) is 5.43 Å². The summed E-state index contributed by atoms with van der Waals surface area (Å²) >= 11 is 5.82. The van der Waals surface area contributed by atoms with Crippen molar-refractivity contribution in [1.82, 2.24) is 0 Å². The fraction of sp³-hybridized carbons (Fsp3) is 0. The molecule has 0 atom stereocenters. The molecule has 22 heavy (non-hydrogen) atoms. The number of nitro benzene ring substituents is 2. The van der Waals surface area contributed by atoms with E-state index in [-0.39, 0.29) is 11.4 Å². The van der Waals surface area contributed by atoms with Crippen LogP contribution in [0.5, 0.6) is 0 Å². The summed E-state index contributed by atoms with van der Waals surface area (Å²) in [4.78, 5) is 20.2. The Balaban J connectivity index is 2.22. The average Bonchev–Trinajstić information content (AvgIpc) is 2.47. The number of hydrogen-bond donors (Lipinski definition) is 1. The lowest BCUT2D eigenvalue weighted by Crippen LogP contribution is -1.98. The van der Waals surface area contributed by atoms with Crippen LogP contribution in [0, 0.1) is 20.2 Å². The third-order valence-corrected chi connectivity index (χ3v) is 2.87. The maximum absolute atomic E-state index is 10.9. The predicted octanol–water partition coefficient (Wildman–Crippen LogP) is 3.60. The van der Waals surface area contributed by atoms with E-state index in [1.165, 1.54) is 12.3 Å². The quantitative estimate of drug-likeness (QED) is 0.514. The number of nitrogens with one attached hydrogen (secondary N) is 1. The van der Waals surface area contributed by atoms with Crippen molar-refractivity contribution in [1.29, 1.82) is 0 Å². The molecule has 0 aliphatic heterocycles. The lowest BCUT2D eigenvalue weighted by atomic mass is 10.2. The lowest BCUT2D eigenvalue weighted by molar-refractivity contribution is -0.393. The van der Waals surface area contributed by atoms with Gasteiger partial charge in [-0.2, -0.15) is 5.10 Å². The molecule has 8 nitrogen and oxygen atoms in total. The summed E-state index contributed by atoms with van der Waals surface area (Å²) in [6, 6.07) is 10.1. The SMILES string of the molecule is O=[N+]([O-])c1ccc(N/N=C\c2cccc(Cl)c2)c([N+](=O)[O-])c1. The van der Waals surface area contributed by atoms with Crippen LogP contribution in [0.1, 0.15) is 5.56 Å². The molecule has 0 saturated carbocycles. The van der Waals surface area contributed by atoms with Gasteiger partial charge in [0, 0.05) is 11.1 Å². The molecule has 0 fully saturated rings. The Kier molecular flexibility index (Phi) is 4.64. The van der Waals surface area contributed by atoms with Gasteiger partial charge in [0.1, 0.15) is 5.69 Å². The van der Waals surface area contributed by atoms with Gasteiger partial charge in [0.25, 0.3) is 5.69 Å². The van der Waals surface area contributed by atoms with Gasteiger partial charge in [-0.05, 0) is 23.8 Å². The molecule has 2 aromatic rings. The first kappa shape index (κ1) is 15.4. The van der Waals surface area contributed by atoms with Gasteiger partial charge in [0.15, 0.2) is 0 Å². The molecule has 0 amide bonds. The van der Waals surface area contributed by atoms with Crippen LogP contribution >= 0.6 is 11.6 Å². The highest BCUT2D eigenvalue weighted by atomic mass is 35.5. The summed E-state index contributed by atoms with van der Waals surface area (Å²) in [7, 11) is 0. The topological polar surface area (TPSA) is 111 Å². The van der Waals surface area contributed by atoms with E-state index >= 15 is 0 Å². The molecule has 112 valence electrons. The van der Waals surface area contributed by atoms with Gasteiger partial charge >= 0.3 is 5.69 Å². The highest BCUT2D eigenvalue weighted by molar-refractivity contribution is 6.30. The molecular weight excluding hydrogens is 312 g/mol. The Labute approximate surface area is 129 Å². The van der Waals surface area contributed by atoms with Crippen LogP contribution in [-0.4, -0.2) is 16.1 Å². The van der Waals surface area contributed by atoms with E-state index in [1.807, 2.05) is 0 Å². The average molecular weight is 321 g/mol. The van der Waals surface area contributed by atoms with Crippen LogP contribution in [0.25, 0.3) is 0 Å². The Hall–Kier alpha value is -3.00. The van der Waals surface area contributed by atoms with Crippen molar-refractivity contribution in [2.24, 2.45) is 5.10 Å². The monoisotopic (exact) mass is 320 g/mol. The fourth-order valence-corrected chi connectivity index (χ4v) is 1.84.